The minimum atomic E-state index is -4.28. The summed E-state index contributed by atoms with van der Waals surface area (Å²) in [6.45, 7) is 5.59. The fraction of sp³-hybridized carbons (Fsp3) is 0.393. The molecule has 0 aliphatic carbocycles. The van der Waals surface area contributed by atoms with E-state index in [4.69, 9.17) is 9.47 Å². The summed E-state index contributed by atoms with van der Waals surface area (Å²) in [7, 11) is -2.93. The van der Waals surface area contributed by atoms with Crippen molar-refractivity contribution < 1.29 is 23.0 Å². The molecule has 40 heavy (non-hydrogen) atoms. The van der Waals surface area contributed by atoms with Crippen LogP contribution in [0.3, 0.4) is 0 Å². The Morgan fingerprint density at radius 3 is 2.55 bits per heavy atom. The van der Waals surface area contributed by atoms with E-state index in [2.05, 4.69) is 22.0 Å². The first-order valence-electron chi connectivity index (χ1n) is 13.2. The lowest BCUT2D eigenvalue weighted by Gasteiger charge is -2.27. The second kappa shape index (κ2) is 12.7. The fourth-order valence-electron chi connectivity index (χ4n) is 4.51. The van der Waals surface area contributed by atoms with Gasteiger partial charge in [-0.05, 0) is 44.0 Å². The summed E-state index contributed by atoms with van der Waals surface area (Å²) in [5.41, 5.74) is 1.18. The molecule has 2 aromatic heterocycles. The van der Waals surface area contributed by atoms with E-state index in [1.807, 2.05) is 0 Å². The minimum absolute atomic E-state index is 0.133. The quantitative estimate of drug-likeness (QED) is 0.183. The highest BCUT2D eigenvalue weighted by atomic mass is 32.2. The Labute approximate surface area is 233 Å². The predicted molar refractivity (Wildman–Crippen MR) is 150 cm³/mol. The molecule has 0 spiro atoms. The van der Waals surface area contributed by atoms with E-state index in [-0.39, 0.29) is 16.3 Å². The summed E-state index contributed by atoms with van der Waals surface area (Å²) in [4.78, 5) is 20.4. The van der Waals surface area contributed by atoms with Crippen LogP contribution in [0, 0.1) is 6.92 Å². The number of methoxy groups -OCH3 is 1. The summed E-state index contributed by atoms with van der Waals surface area (Å²) in [5, 5.41) is 15.7. The molecule has 4 rings (SSSR count). The SMILES string of the molecule is CCCCCc1nc(C)c2c(=O)[nH]c(-c3cc(S(=O)(=O)N(COC)C(O)c4ccccc4)ccc3OCC)nn12. The maximum atomic E-state index is 13.8. The van der Waals surface area contributed by atoms with Crippen LogP contribution in [-0.2, 0) is 21.2 Å². The van der Waals surface area contributed by atoms with Crippen molar-refractivity contribution in [2.45, 2.75) is 57.6 Å². The first-order chi connectivity index (χ1) is 19.2. The highest BCUT2D eigenvalue weighted by Gasteiger charge is 2.32. The summed E-state index contributed by atoms with van der Waals surface area (Å²) >= 11 is 0. The van der Waals surface area contributed by atoms with Crippen LogP contribution in [0.5, 0.6) is 5.75 Å². The van der Waals surface area contributed by atoms with Gasteiger partial charge < -0.3 is 19.6 Å². The Morgan fingerprint density at radius 2 is 1.88 bits per heavy atom. The van der Waals surface area contributed by atoms with Crippen molar-refractivity contribution in [3.8, 4) is 17.1 Å². The van der Waals surface area contributed by atoms with E-state index in [0.29, 0.717) is 41.4 Å². The number of H-pyrrole nitrogens is 1. The first kappa shape index (κ1) is 29.4. The normalized spacial score (nSPS) is 12.8. The van der Waals surface area contributed by atoms with Crippen LogP contribution < -0.4 is 10.3 Å². The largest absolute Gasteiger partial charge is 0.493 e. The number of aromatic amines is 1. The molecule has 1 atom stereocenters. The van der Waals surface area contributed by atoms with Crippen LogP contribution >= 0.6 is 0 Å². The molecule has 214 valence electrons. The second-order valence-corrected chi connectivity index (χ2v) is 11.2. The van der Waals surface area contributed by atoms with Gasteiger partial charge in [-0.1, -0.05) is 50.1 Å². The summed E-state index contributed by atoms with van der Waals surface area (Å²) in [6, 6.07) is 12.7. The number of aromatic nitrogens is 4. The molecule has 12 heteroatoms. The highest BCUT2D eigenvalue weighted by Crippen LogP contribution is 2.33. The van der Waals surface area contributed by atoms with Crippen molar-refractivity contribution in [3.05, 3.63) is 76.0 Å². The fourth-order valence-corrected chi connectivity index (χ4v) is 5.92. The Kier molecular flexibility index (Phi) is 9.36. The minimum Gasteiger partial charge on any atom is -0.493 e. The van der Waals surface area contributed by atoms with E-state index in [0.717, 1.165) is 23.6 Å². The lowest BCUT2D eigenvalue weighted by Crippen LogP contribution is -2.36. The summed E-state index contributed by atoms with van der Waals surface area (Å²) < 4.78 is 40.9. The number of aryl methyl sites for hydroxylation is 2. The van der Waals surface area contributed by atoms with Gasteiger partial charge in [-0.25, -0.2) is 17.9 Å². The van der Waals surface area contributed by atoms with Gasteiger partial charge in [-0.3, -0.25) is 4.79 Å². The van der Waals surface area contributed by atoms with Crippen LogP contribution in [0.4, 0.5) is 0 Å². The van der Waals surface area contributed by atoms with Crippen LogP contribution in [0.15, 0.2) is 58.2 Å². The number of unbranched alkanes of at least 4 members (excludes halogenated alkanes) is 2. The number of nitrogens with zero attached hydrogens (tertiary/aromatic N) is 4. The molecule has 0 aliphatic rings. The first-order valence-corrected chi connectivity index (χ1v) is 14.7. The van der Waals surface area contributed by atoms with Gasteiger partial charge in [0.25, 0.3) is 5.56 Å². The number of benzene rings is 2. The van der Waals surface area contributed by atoms with Crippen molar-refractivity contribution in [1.82, 2.24) is 23.9 Å². The standard InChI is InChI=1S/C28H35N5O6S/c1-5-7-9-14-24-29-19(3)25-27(34)30-26(31-33(24)25)22-17-21(15-16-23(22)39-6-2)40(36,37)32(18-38-4)28(35)20-12-10-8-11-13-20/h8,10-13,15-17,28,35H,5-7,9,14,18H2,1-4H3,(H,30,31,34). The molecule has 4 aromatic rings. The van der Waals surface area contributed by atoms with Crippen LogP contribution in [0.25, 0.3) is 16.9 Å². The topological polar surface area (TPSA) is 139 Å². The highest BCUT2D eigenvalue weighted by molar-refractivity contribution is 7.89. The molecule has 0 saturated heterocycles. The van der Waals surface area contributed by atoms with Crippen molar-refractivity contribution in [2.75, 3.05) is 20.4 Å². The molecule has 0 fully saturated rings. The lowest BCUT2D eigenvalue weighted by atomic mass is 10.2. The zero-order valence-corrected chi connectivity index (χ0v) is 23.9. The molecule has 0 bridgehead atoms. The van der Waals surface area contributed by atoms with Gasteiger partial charge in [0.15, 0.2) is 11.3 Å². The molecule has 2 heterocycles. The average molecular weight is 570 g/mol. The molecule has 2 N–H and O–H groups in total. The number of aliphatic hydroxyl groups is 1. The number of aliphatic hydroxyl groups excluding tert-OH is 1. The number of ether oxygens (including phenoxy) is 2. The van der Waals surface area contributed by atoms with Gasteiger partial charge in [0.1, 0.15) is 24.5 Å². The Hall–Kier alpha value is -3.58. The van der Waals surface area contributed by atoms with Crippen molar-refractivity contribution in [3.63, 3.8) is 0 Å². The van der Waals surface area contributed by atoms with E-state index in [1.165, 1.54) is 29.8 Å². The number of hydrogen-bond acceptors (Lipinski definition) is 8. The van der Waals surface area contributed by atoms with Gasteiger partial charge in [0, 0.05) is 13.5 Å². The molecule has 0 radical (unpaired) electrons. The monoisotopic (exact) mass is 569 g/mol. The number of rotatable bonds is 13. The molecule has 1 unspecified atom stereocenters. The van der Waals surface area contributed by atoms with Gasteiger partial charge in [-0.2, -0.15) is 0 Å². The number of sulfonamides is 1. The number of imidazole rings is 1. The Bertz CT molecular complexity index is 1620. The van der Waals surface area contributed by atoms with Gasteiger partial charge in [-0.15, -0.1) is 9.40 Å². The molecular weight excluding hydrogens is 534 g/mol. The van der Waals surface area contributed by atoms with Gasteiger partial charge in [0.2, 0.25) is 10.0 Å². The molecule has 0 amide bonds. The van der Waals surface area contributed by atoms with Crippen molar-refractivity contribution >= 4 is 15.5 Å². The summed E-state index contributed by atoms with van der Waals surface area (Å²) in [5.74, 6) is 1.14. The molecular formula is C28H35N5O6S. The molecule has 0 saturated carbocycles. The zero-order chi connectivity index (χ0) is 28.9. The van der Waals surface area contributed by atoms with E-state index < -0.39 is 28.5 Å². The van der Waals surface area contributed by atoms with Gasteiger partial charge in [0.05, 0.1) is 22.8 Å². The molecule has 2 aromatic carbocycles. The number of fused-ring (bicyclic) bond motifs is 1. The summed E-state index contributed by atoms with van der Waals surface area (Å²) in [6.07, 6.45) is 2.12. The van der Waals surface area contributed by atoms with Gasteiger partial charge >= 0.3 is 0 Å². The van der Waals surface area contributed by atoms with Crippen LogP contribution in [0.1, 0.15) is 56.4 Å². The molecule has 11 nitrogen and oxygen atoms in total. The number of hydrogen-bond donors (Lipinski definition) is 2. The third-order valence-corrected chi connectivity index (χ3v) is 8.26. The van der Waals surface area contributed by atoms with Crippen LogP contribution in [0.2, 0.25) is 0 Å². The Balaban J connectivity index is 1.84. The Morgan fingerprint density at radius 1 is 1.12 bits per heavy atom. The van der Waals surface area contributed by atoms with Crippen molar-refractivity contribution in [2.24, 2.45) is 0 Å². The van der Waals surface area contributed by atoms with Crippen molar-refractivity contribution in [1.29, 1.82) is 0 Å². The number of nitrogens with one attached hydrogen (secondary N) is 1. The second-order valence-electron chi connectivity index (χ2n) is 9.32. The smallest absolute Gasteiger partial charge is 0.277 e. The third-order valence-electron chi connectivity index (χ3n) is 6.49. The van der Waals surface area contributed by atoms with Crippen LogP contribution in [-0.4, -0.2) is 57.9 Å². The zero-order valence-electron chi connectivity index (χ0n) is 23.1. The predicted octanol–water partition coefficient (Wildman–Crippen LogP) is 3.81. The average Bonchev–Trinajstić information content (AvgIpc) is 3.27. The maximum absolute atomic E-state index is 13.8. The maximum Gasteiger partial charge on any atom is 0.277 e. The molecule has 0 aliphatic heterocycles. The van der Waals surface area contributed by atoms with E-state index in [9.17, 15) is 18.3 Å². The van der Waals surface area contributed by atoms with E-state index >= 15 is 0 Å². The van der Waals surface area contributed by atoms with E-state index in [1.54, 1.807) is 44.2 Å². The lowest BCUT2D eigenvalue weighted by molar-refractivity contribution is -0.00430. The third kappa shape index (κ3) is 5.94.